The zero-order valence-electron chi connectivity index (χ0n) is 7.38. The van der Waals surface area contributed by atoms with Crippen molar-refractivity contribution in [2.45, 2.75) is 30.5 Å². The van der Waals surface area contributed by atoms with Gasteiger partial charge in [-0.3, -0.25) is 4.79 Å². The molecule has 1 rings (SSSR count). The summed E-state index contributed by atoms with van der Waals surface area (Å²) >= 11 is 5.60. The molecule has 0 aromatic heterocycles. The summed E-state index contributed by atoms with van der Waals surface area (Å²) in [7, 11) is 0. The van der Waals surface area contributed by atoms with Gasteiger partial charge in [0, 0.05) is 6.92 Å². The topological polar surface area (TPSA) is 96.2 Å². The Kier molecular flexibility index (Phi) is 3.33. The predicted molar refractivity (Wildman–Crippen MR) is 44.3 cm³/mol. The number of carbonyl (C=O) groups excluding carboxylic acids is 1. The first-order chi connectivity index (χ1) is 6.40. The average Bonchev–Trinajstić information content (AvgIpc) is 2.29. The molecule has 7 heteroatoms. The van der Waals surface area contributed by atoms with Gasteiger partial charge in [-0.15, -0.1) is 0 Å². The highest BCUT2D eigenvalue weighted by atomic mass is 35.5. The van der Waals surface area contributed by atoms with Crippen molar-refractivity contribution in [3.8, 4) is 0 Å². The largest absolute Gasteiger partial charge is 0.416 e. The molecule has 0 saturated carbocycles. The first-order valence-electron chi connectivity index (χ1n) is 3.94. The van der Waals surface area contributed by atoms with E-state index in [-0.39, 0.29) is 0 Å². The van der Waals surface area contributed by atoms with Crippen LogP contribution in [0.4, 0.5) is 0 Å². The van der Waals surface area contributed by atoms with Crippen LogP contribution in [-0.4, -0.2) is 51.5 Å². The van der Waals surface area contributed by atoms with Crippen molar-refractivity contribution in [2.75, 3.05) is 6.61 Å². The summed E-state index contributed by atoms with van der Waals surface area (Å²) in [4.78, 5) is 10.6. The van der Waals surface area contributed by atoms with E-state index in [0.717, 1.165) is 6.92 Å². The number of halogens is 1. The van der Waals surface area contributed by atoms with E-state index in [1.54, 1.807) is 0 Å². The van der Waals surface area contributed by atoms with Crippen LogP contribution in [0.1, 0.15) is 6.92 Å². The van der Waals surface area contributed by atoms with Gasteiger partial charge in [-0.2, -0.15) is 0 Å². The molecule has 1 aliphatic heterocycles. The molecule has 14 heavy (non-hydrogen) atoms. The number of aliphatic hydroxyl groups is 3. The summed E-state index contributed by atoms with van der Waals surface area (Å²) in [5.41, 5.74) is 0. The van der Waals surface area contributed by atoms with Crippen molar-refractivity contribution in [3.05, 3.63) is 0 Å². The fourth-order valence-electron chi connectivity index (χ4n) is 1.18. The van der Waals surface area contributed by atoms with Gasteiger partial charge >= 0.3 is 11.2 Å². The molecule has 4 atom stereocenters. The van der Waals surface area contributed by atoms with Crippen molar-refractivity contribution in [1.82, 2.24) is 0 Å². The van der Waals surface area contributed by atoms with E-state index >= 15 is 0 Å². The highest BCUT2D eigenvalue weighted by Crippen LogP contribution is 2.35. The van der Waals surface area contributed by atoms with E-state index in [1.807, 2.05) is 0 Å². The minimum absolute atomic E-state index is 0.534. The SMILES string of the molecule is CC(=O)OC1(Cl)O[C@H](CO)[C@@H](O)[C@H]1O. The third-order valence-electron chi connectivity index (χ3n) is 1.83. The molecule has 1 saturated heterocycles. The van der Waals surface area contributed by atoms with Crippen LogP contribution in [0.25, 0.3) is 0 Å². The number of rotatable bonds is 2. The summed E-state index contributed by atoms with van der Waals surface area (Å²) in [6.07, 6.45) is -4.05. The van der Waals surface area contributed by atoms with Gasteiger partial charge in [-0.1, -0.05) is 0 Å². The predicted octanol–water partition coefficient (Wildman–Crippen LogP) is -1.45. The van der Waals surface area contributed by atoms with Crippen LogP contribution in [0.2, 0.25) is 0 Å². The summed E-state index contributed by atoms with van der Waals surface area (Å²) in [6.45, 7) is 0.548. The Hall–Kier alpha value is -0.400. The molecule has 0 aromatic carbocycles. The standard InChI is InChI=1S/C7H11ClO6/c1-3(10)13-7(8)6(12)5(11)4(2-9)14-7/h4-6,9,11-12H,2H2,1H3/t4-,5-,6-,7?/m1/s1. The Bertz CT molecular complexity index is 234. The number of alkyl halides is 1. The van der Waals surface area contributed by atoms with Gasteiger partial charge in [0.1, 0.15) is 12.2 Å². The average molecular weight is 227 g/mol. The van der Waals surface area contributed by atoms with Gasteiger partial charge in [0.15, 0.2) is 6.10 Å². The second-order valence-electron chi connectivity index (χ2n) is 2.95. The van der Waals surface area contributed by atoms with Crippen molar-refractivity contribution < 1.29 is 29.6 Å². The van der Waals surface area contributed by atoms with E-state index in [2.05, 4.69) is 4.74 Å². The van der Waals surface area contributed by atoms with Crippen LogP contribution in [0.15, 0.2) is 0 Å². The van der Waals surface area contributed by atoms with Gasteiger partial charge < -0.3 is 24.8 Å². The number of hydrogen-bond donors (Lipinski definition) is 3. The molecular formula is C7H11ClO6. The number of aliphatic hydroxyl groups excluding tert-OH is 3. The van der Waals surface area contributed by atoms with Gasteiger partial charge in [-0.05, 0) is 11.6 Å². The van der Waals surface area contributed by atoms with E-state index in [9.17, 15) is 15.0 Å². The molecule has 0 bridgehead atoms. The van der Waals surface area contributed by atoms with Gasteiger partial charge in [0.2, 0.25) is 0 Å². The summed E-state index contributed by atoms with van der Waals surface area (Å²) < 4.78 is 9.30. The highest BCUT2D eigenvalue weighted by Gasteiger charge is 2.56. The van der Waals surface area contributed by atoms with Crippen molar-refractivity contribution in [2.24, 2.45) is 0 Å². The zero-order valence-corrected chi connectivity index (χ0v) is 8.14. The molecule has 6 nitrogen and oxygen atoms in total. The first-order valence-corrected chi connectivity index (χ1v) is 4.32. The van der Waals surface area contributed by atoms with Gasteiger partial charge in [-0.25, -0.2) is 0 Å². The number of esters is 1. The molecule has 1 fully saturated rings. The zero-order chi connectivity index (χ0) is 10.9. The lowest BCUT2D eigenvalue weighted by molar-refractivity contribution is -0.207. The highest BCUT2D eigenvalue weighted by molar-refractivity contribution is 6.23. The second-order valence-corrected chi connectivity index (χ2v) is 3.48. The van der Waals surface area contributed by atoms with Gasteiger partial charge in [0.05, 0.1) is 6.61 Å². The number of ether oxygens (including phenoxy) is 2. The monoisotopic (exact) mass is 226 g/mol. The number of hydrogen-bond acceptors (Lipinski definition) is 6. The minimum atomic E-state index is -2.11. The Morgan fingerprint density at radius 2 is 2.21 bits per heavy atom. The Labute approximate surface area is 85.0 Å². The summed E-state index contributed by atoms with van der Waals surface area (Å²) in [5.74, 6) is -0.759. The van der Waals surface area contributed by atoms with Crippen LogP contribution in [0.3, 0.4) is 0 Å². The molecule has 0 aromatic rings. The Balaban J connectivity index is 2.76. The maximum Gasteiger partial charge on any atom is 0.323 e. The molecule has 0 radical (unpaired) electrons. The molecule has 0 amide bonds. The van der Waals surface area contributed by atoms with Crippen LogP contribution in [0.5, 0.6) is 0 Å². The van der Waals surface area contributed by atoms with E-state index < -0.39 is 36.1 Å². The van der Waals surface area contributed by atoms with Crippen molar-refractivity contribution in [3.63, 3.8) is 0 Å². The normalized spacial score (nSPS) is 42.5. The Morgan fingerprint density at radius 3 is 2.57 bits per heavy atom. The molecule has 0 aliphatic carbocycles. The van der Waals surface area contributed by atoms with Crippen LogP contribution >= 0.6 is 11.6 Å². The summed E-state index contributed by atoms with van der Waals surface area (Å²) in [6, 6.07) is 0. The number of carbonyl (C=O) groups is 1. The molecule has 1 unspecified atom stereocenters. The summed E-state index contributed by atoms with van der Waals surface area (Å²) in [5, 5.41) is 25.3. The van der Waals surface area contributed by atoms with Gasteiger partial charge in [0.25, 0.3) is 0 Å². The lowest BCUT2D eigenvalue weighted by Crippen LogP contribution is -2.41. The molecule has 1 heterocycles. The molecule has 82 valence electrons. The van der Waals surface area contributed by atoms with Crippen LogP contribution < -0.4 is 0 Å². The van der Waals surface area contributed by atoms with Crippen LogP contribution in [0, 0.1) is 0 Å². The van der Waals surface area contributed by atoms with Crippen molar-refractivity contribution >= 4 is 17.6 Å². The fraction of sp³-hybridized carbons (Fsp3) is 0.857. The maximum atomic E-state index is 10.6. The van der Waals surface area contributed by atoms with E-state index in [0.29, 0.717) is 0 Å². The second kappa shape index (κ2) is 4.00. The molecule has 3 N–H and O–H groups in total. The quantitative estimate of drug-likeness (QED) is 0.394. The lowest BCUT2D eigenvalue weighted by atomic mass is 10.1. The molecule has 1 aliphatic rings. The lowest BCUT2D eigenvalue weighted by Gasteiger charge is -2.23. The third kappa shape index (κ3) is 1.99. The molecule has 0 spiro atoms. The molecular weight excluding hydrogens is 216 g/mol. The minimum Gasteiger partial charge on any atom is -0.416 e. The smallest absolute Gasteiger partial charge is 0.323 e. The Morgan fingerprint density at radius 1 is 1.64 bits per heavy atom. The van der Waals surface area contributed by atoms with E-state index in [1.165, 1.54) is 0 Å². The fourth-order valence-corrected chi connectivity index (χ4v) is 1.53. The van der Waals surface area contributed by atoms with Crippen molar-refractivity contribution in [1.29, 1.82) is 0 Å². The van der Waals surface area contributed by atoms with Crippen LogP contribution in [-0.2, 0) is 14.3 Å². The first kappa shape index (κ1) is 11.7. The maximum absolute atomic E-state index is 10.6. The third-order valence-corrected chi connectivity index (χ3v) is 2.22. The van der Waals surface area contributed by atoms with E-state index in [4.69, 9.17) is 21.4 Å².